The molecule has 0 spiro atoms. The third-order valence-electron chi connectivity index (χ3n) is 2.92. The van der Waals surface area contributed by atoms with E-state index in [4.69, 9.17) is 11.6 Å². The monoisotopic (exact) mass is 250 g/mol. The first-order valence-corrected chi connectivity index (χ1v) is 6.18. The Balaban J connectivity index is 1.87. The van der Waals surface area contributed by atoms with E-state index in [2.05, 4.69) is 22.5 Å². The van der Waals surface area contributed by atoms with E-state index in [0.717, 1.165) is 25.8 Å². The molecule has 1 atom stereocenters. The van der Waals surface area contributed by atoms with Gasteiger partial charge >= 0.3 is 0 Å². The van der Waals surface area contributed by atoms with Gasteiger partial charge in [-0.15, -0.1) is 0 Å². The number of halogens is 1. The highest BCUT2D eigenvalue weighted by Gasteiger charge is 2.12. The van der Waals surface area contributed by atoms with Crippen molar-refractivity contribution in [1.29, 1.82) is 0 Å². The van der Waals surface area contributed by atoms with E-state index in [9.17, 15) is 4.79 Å². The molecule has 0 aromatic carbocycles. The Morgan fingerprint density at radius 3 is 3.12 bits per heavy atom. The van der Waals surface area contributed by atoms with E-state index >= 15 is 0 Å². The number of amides is 1. The van der Waals surface area contributed by atoms with E-state index in [0.29, 0.717) is 16.6 Å². The van der Waals surface area contributed by atoms with Crippen molar-refractivity contribution in [3.05, 3.63) is 41.2 Å². The molecular formula is C13H15ClN2O. The van der Waals surface area contributed by atoms with Crippen LogP contribution in [0, 0.1) is 5.92 Å². The maximum absolute atomic E-state index is 11.8. The fourth-order valence-corrected chi connectivity index (χ4v) is 2.10. The zero-order chi connectivity index (χ0) is 12.1. The van der Waals surface area contributed by atoms with Crippen LogP contribution in [0.3, 0.4) is 0 Å². The number of hydrogen-bond acceptors (Lipinski definition) is 2. The molecule has 1 aromatic heterocycles. The van der Waals surface area contributed by atoms with Crippen molar-refractivity contribution in [2.24, 2.45) is 5.92 Å². The summed E-state index contributed by atoms with van der Waals surface area (Å²) >= 11 is 5.74. The highest BCUT2D eigenvalue weighted by molar-refractivity contribution is 6.29. The molecule has 1 aliphatic rings. The molecule has 3 nitrogen and oxygen atoms in total. The second kappa shape index (κ2) is 5.82. The summed E-state index contributed by atoms with van der Waals surface area (Å²) in [5.74, 6) is 0.477. The first-order valence-electron chi connectivity index (χ1n) is 5.80. The molecule has 0 saturated heterocycles. The van der Waals surface area contributed by atoms with Crippen LogP contribution in [-0.2, 0) is 0 Å². The van der Waals surface area contributed by atoms with Gasteiger partial charge in [0, 0.05) is 18.3 Å². The Hall–Kier alpha value is -1.35. The zero-order valence-corrected chi connectivity index (χ0v) is 10.3. The predicted molar refractivity (Wildman–Crippen MR) is 68.1 cm³/mol. The van der Waals surface area contributed by atoms with Crippen molar-refractivity contribution in [2.75, 3.05) is 6.54 Å². The van der Waals surface area contributed by atoms with Gasteiger partial charge in [-0.25, -0.2) is 4.98 Å². The second-order valence-corrected chi connectivity index (χ2v) is 4.61. The summed E-state index contributed by atoms with van der Waals surface area (Å²) in [6, 6.07) is 3.25. The summed E-state index contributed by atoms with van der Waals surface area (Å²) in [5.41, 5.74) is 0.566. The summed E-state index contributed by atoms with van der Waals surface area (Å²) in [4.78, 5) is 15.7. The molecule has 1 amide bonds. The molecule has 0 fully saturated rings. The van der Waals surface area contributed by atoms with Gasteiger partial charge in [0.2, 0.25) is 0 Å². The molecule has 0 bridgehead atoms. The number of hydrogen-bond donors (Lipinski definition) is 1. The first-order chi connectivity index (χ1) is 8.25. The number of allylic oxidation sites excluding steroid dienone is 2. The molecule has 0 saturated carbocycles. The largest absolute Gasteiger partial charge is 0.352 e. The Bertz CT molecular complexity index is 431. The smallest absolute Gasteiger partial charge is 0.251 e. The van der Waals surface area contributed by atoms with Crippen molar-refractivity contribution >= 4 is 17.5 Å². The van der Waals surface area contributed by atoms with Crippen molar-refractivity contribution in [2.45, 2.75) is 19.3 Å². The highest BCUT2D eigenvalue weighted by Crippen LogP contribution is 2.17. The van der Waals surface area contributed by atoms with Gasteiger partial charge in [0.05, 0.1) is 0 Å². The van der Waals surface area contributed by atoms with Crippen LogP contribution in [0.2, 0.25) is 5.15 Å². The van der Waals surface area contributed by atoms with Gasteiger partial charge in [0.15, 0.2) is 0 Å². The van der Waals surface area contributed by atoms with E-state index in [1.807, 2.05) is 0 Å². The molecule has 1 heterocycles. The minimum absolute atomic E-state index is 0.0798. The fourth-order valence-electron chi connectivity index (χ4n) is 1.92. The standard InChI is InChI=1S/C13H15ClN2O/c14-12-8-11(6-7-15-12)13(17)16-9-10-4-2-1-3-5-10/h1-2,6-8,10H,3-5,9H2,(H,16,17). The summed E-state index contributed by atoms with van der Waals surface area (Å²) in [6.45, 7) is 0.725. The predicted octanol–water partition coefficient (Wildman–Crippen LogP) is 2.82. The number of nitrogens with one attached hydrogen (secondary N) is 1. The molecule has 17 heavy (non-hydrogen) atoms. The van der Waals surface area contributed by atoms with E-state index in [1.54, 1.807) is 18.3 Å². The number of aromatic nitrogens is 1. The lowest BCUT2D eigenvalue weighted by Gasteiger charge is -2.18. The summed E-state index contributed by atoms with van der Waals surface area (Å²) in [7, 11) is 0. The van der Waals surface area contributed by atoms with Crippen molar-refractivity contribution < 1.29 is 4.79 Å². The molecule has 1 N–H and O–H groups in total. The number of carbonyl (C=O) groups excluding carboxylic acids is 1. The highest BCUT2D eigenvalue weighted by atomic mass is 35.5. The van der Waals surface area contributed by atoms with Gasteiger partial charge in [-0.1, -0.05) is 23.8 Å². The molecule has 2 rings (SSSR count). The number of carbonyl (C=O) groups is 1. The van der Waals surface area contributed by atoms with Gasteiger partial charge in [0.25, 0.3) is 5.91 Å². The molecule has 4 heteroatoms. The molecule has 0 aliphatic heterocycles. The normalized spacial score (nSPS) is 19.0. The van der Waals surface area contributed by atoms with E-state index < -0.39 is 0 Å². The van der Waals surface area contributed by atoms with E-state index in [1.165, 1.54) is 0 Å². The third kappa shape index (κ3) is 3.56. The molecule has 1 aliphatic carbocycles. The SMILES string of the molecule is O=C(NCC1CC=CCC1)c1ccnc(Cl)c1. The third-order valence-corrected chi connectivity index (χ3v) is 3.12. The molecular weight excluding hydrogens is 236 g/mol. The quantitative estimate of drug-likeness (QED) is 0.662. The summed E-state index contributed by atoms with van der Waals surface area (Å²) in [5, 5.41) is 3.28. The van der Waals surface area contributed by atoms with Gasteiger partial charge in [0.1, 0.15) is 5.15 Å². The van der Waals surface area contributed by atoms with Crippen LogP contribution < -0.4 is 5.32 Å². The van der Waals surface area contributed by atoms with Crippen LogP contribution in [0.1, 0.15) is 29.6 Å². The van der Waals surface area contributed by atoms with Crippen LogP contribution >= 0.6 is 11.6 Å². The van der Waals surface area contributed by atoms with Crippen LogP contribution in [0.4, 0.5) is 0 Å². The number of rotatable bonds is 3. The van der Waals surface area contributed by atoms with Gasteiger partial charge in [-0.3, -0.25) is 4.79 Å². The number of nitrogens with zero attached hydrogens (tertiary/aromatic N) is 1. The lowest BCUT2D eigenvalue weighted by atomic mass is 9.94. The summed E-state index contributed by atoms with van der Waals surface area (Å²) in [6.07, 6.45) is 9.23. The van der Waals surface area contributed by atoms with Crippen LogP contribution in [0.5, 0.6) is 0 Å². The topological polar surface area (TPSA) is 42.0 Å². The lowest BCUT2D eigenvalue weighted by molar-refractivity contribution is 0.0946. The molecule has 90 valence electrons. The average Bonchev–Trinajstić information content (AvgIpc) is 2.37. The Morgan fingerprint density at radius 1 is 1.53 bits per heavy atom. The van der Waals surface area contributed by atoms with Gasteiger partial charge in [-0.2, -0.15) is 0 Å². The zero-order valence-electron chi connectivity index (χ0n) is 9.53. The van der Waals surface area contributed by atoms with E-state index in [-0.39, 0.29) is 5.91 Å². The van der Waals surface area contributed by atoms with Gasteiger partial charge < -0.3 is 5.32 Å². The first kappa shape index (κ1) is 12.1. The Labute approximate surface area is 106 Å². The molecule has 1 unspecified atom stereocenters. The summed E-state index contributed by atoms with van der Waals surface area (Å²) < 4.78 is 0. The molecule has 0 radical (unpaired) electrons. The fraction of sp³-hybridized carbons (Fsp3) is 0.385. The lowest BCUT2D eigenvalue weighted by Crippen LogP contribution is -2.29. The van der Waals surface area contributed by atoms with Crippen molar-refractivity contribution in [3.63, 3.8) is 0 Å². The van der Waals surface area contributed by atoms with Crippen molar-refractivity contribution in [3.8, 4) is 0 Å². The van der Waals surface area contributed by atoms with Crippen LogP contribution in [-0.4, -0.2) is 17.4 Å². The second-order valence-electron chi connectivity index (χ2n) is 4.23. The van der Waals surface area contributed by atoms with Crippen LogP contribution in [0.15, 0.2) is 30.5 Å². The van der Waals surface area contributed by atoms with Gasteiger partial charge in [-0.05, 0) is 37.3 Å². The minimum Gasteiger partial charge on any atom is -0.352 e. The number of pyridine rings is 1. The molecule has 1 aromatic rings. The Kier molecular flexibility index (Phi) is 4.15. The maximum atomic E-state index is 11.8. The van der Waals surface area contributed by atoms with Crippen molar-refractivity contribution in [1.82, 2.24) is 10.3 Å². The minimum atomic E-state index is -0.0798. The average molecular weight is 251 g/mol. The maximum Gasteiger partial charge on any atom is 0.251 e. The van der Waals surface area contributed by atoms with Crippen LogP contribution in [0.25, 0.3) is 0 Å². The Morgan fingerprint density at radius 2 is 2.41 bits per heavy atom.